The van der Waals surface area contributed by atoms with Crippen LogP contribution in [-0.2, 0) is 6.42 Å². The van der Waals surface area contributed by atoms with Gasteiger partial charge in [0.25, 0.3) is 5.91 Å². The summed E-state index contributed by atoms with van der Waals surface area (Å²) in [6.45, 7) is 8.28. The Balaban J connectivity index is 2.15. The van der Waals surface area contributed by atoms with Crippen LogP contribution >= 0.6 is 0 Å². The monoisotopic (exact) mass is 295 g/mol. The molecule has 0 radical (unpaired) electrons. The Kier molecular flexibility index (Phi) is 5.37. The van der Waals surface area contributed by atoms with E-state index < -0.39 is 0 Å². The van der Waals surface area contributed by atoms with E-state index in [2.05, 4.69) is 43.4 Å². The van der Waals surface area contributed by atoms with Crippen molar-refractivity contribution in [3.05, 3.63) is 70.3 Å². The van der Waals surface area contributed by atoms with E-state index in [9.17, 15) is 4.79 Å². The second kappa shape index (κ2) is 7.26. The standard InChI is InChI=1S/C20H25NO/c1-5-7-17-10-15(3)12-19(13-17)20(22)21-16(4)18-9-6-8-14(2)11-18/h6,8-13,16H,5,7H2,1-4H3,(H,21,22)/t16-/m1/s1. The third-order valence-corrected chi connectivity index (χ3v) is 3.83. The number of carbonyl (C=O) groups excluding carboxylic acids is 1. The average Bonchev–Trinajstić information content (AvgIpc) is 2.47. The number of nitrogens with one attached hydrogen (secondary N) is 1. The third kappa shape index (κ3) is 4.20. The molecule has 22 heavy (non-hydrogen) atoms. The van der Waals surface area contributed by atoms with E-state index in [4.69, 9.17) is 0 Å². The summed E-state index contributed by atoms with van der Waals surface area (Å²) in [4.78, 5) is 12.5. The molecule has 1 N–H and O–H groups in total. The van der Waals surface area contributed by atoms with E-state index in [-0.39, 0.29) is 11.9 Å². The van der Waals surface area contributed by atoms with Crippen LogP contribution in [0.3, 0.4) is 0 Å². The third-order valence-electron chi connectivity index (χ3n) is 3.83. The first-order valence-corrected chi connectivity index (χ1v) is 7.97. The van der Waals surface area contributed by atoms with Crippen molar-refractivity contribution < 1.29 is 4.79 Å². The molecule has 2 nitrogen and oxygen atoms in total. The van der Waals surface area contributed by atoms with Gasteiger partial charge in [0.2, 0.25) is 0 Å². The van der Waals surface area contributed by atoms with E-state index >= 15 is 0 Å². The van der Waals surface area contributed by atoms with Crippen molar-refractivity contribution in [3.63, 3.8) is 0 Å². The Bertz CT molecular complexity index is 661. The van der Waals surface area contributed by atoms with Gasteiger partial charge in [0.05, 0.1) is 6.04 Å². The lowest BCUT2D eigenvalue weighted by molar-refractivity contribution is 0.0939. The fourth-order valence-corrected chi connectivity index (χ4v) is 2.73. The molecule has 0 aliphatic heterocycles. The van der Waals surface area contributed by atoms with Gasteiger partial charge in [0, 0.05) is 5.56 Å². The van der Waals surface area contributed by atoms with Crippen molar-refractivity contribution in [2.75, 3.05) is 0 Å². The molecule has 0 bridgehead atoms. The van der Waals surface area contributed by atoms with Gasteiger partial charge in [-0.1, -0.05) is 54.8 Å². The molecule has 0 aliphatic rings. The summed E-state index contributed by atoms with van der Waals surface area (Å²) in [5.74, 6) is -0.00457. The smallest absolute Gasteiger partial charge is 0.251 e. The molecule has 1 amide bonds. The van der Waals surface area contributed by atoms with Gasteiger partial charge in [-0.25, -0.2) is 0 Å². The lowest BCUT2D eigenvalue weighted by Gasteiger charge is -2.16. The minimum Gasteiger partial charge on any atom is -0.346 e. The first-order chi connectivity index (χ1) is 10.5. The Labute approximate surface area is 133 Å². The molecule has 0 spiro atoms. The van der Waals surface area contributed by atoms with Crippen molar-refractivity contribution in [2.45, 2.75) is 46.6 Å². The highest BCUT2D eigenvalue weighted by molar-refractivity contribution is 5.94. The summed E-state index contributed by atoms with van der Waals surface area (Å²) >= 11 is 0. The number of amides is 1. The molecule has 2 aromatic rings. The van der Waals surface area contributed by atoms with E-state index in [0.29, 0.717) is 0 Å². The summed E-state index contributed by atoms with van der Waals surface area (Å²) in [6.07, 6.45) is 2.10. The van der Waals surface area contributed by atoms with E-state index in [1.807, 2.05) is 32.0 Å². The SMILES string of the molecule is CCCc1cc(C)cc(C(=O)N[C@H](C)c2cccc(C)c2)c1. The zero-order valence-corrected chi connectivity index (χ0v) is 13.9. The van der Waals surface area contributed by atoms with Gasteiger partial charge in [-0.3, -0.25) is 4.79 Å². The highest BCUT2D eigenvalue weighted by Crippen LogP contribution is 2.16. The summed E-state index contributed by atoms with van der Waals surface area (Å²) in [5.41, 5.74) is 5.47. The van der Waals surface area contributed by atoms with Crippen LogP contribution < -0.4 is 5.32 Å². The average molecular weight is 295 g/mol. The van der Waals surface area contributed by atoms with Gasteiger partial charge in [0.1, 0.15) is 0 Å². The molecule has 0 fully saturated rings. The maximum absolute atomic E-state index is 12.5. The van der Waals surface area contributed by atoms with Crippen molar-refractivity contribution >= 4 is 5.91 Å². The summed E-state index contributed by atoms with van der Waals surface area (Å²) in [6, 6.07) is 14.4. The number of aryl methyl sites for hydroxylation is 3. The fraction of sp³-hybridized carbons (Fsp3) is 0.350. The normalized spacial score (nSPS) is 12.0. The highest BCUT2D eigenvalue weighted by Gasteiger charge is 2.12. The van der Waals surface area contributed by atoms with Crippen molar-refractivity contribution in [1.29, 1.82) is 0 Å². The van der Waals surface area contributed by atoms with Crippen LogP contribution in [0.25, 0.3) is 0 Å². The number of carbonyl (C=O) groups is 1. The van der Waals surface area contributed by atoms with Gasteiger partial charge >= 0.3 is 0 Å². The lowest BCUT2D eigenvalue weighted by Crippen LogP contribution is -2.26. The molecule has 2 aromatic carbocycles. The zero-order chi connectivity index (χ0) is 16.1. The lowest BCUT2D eigenvalue weighted by atomic mass is 10.0. The molecule has 0 aromatic heterocycles. The number of benzene rings is 2. The predicted octanol–water partition coefficient (Wildman–Crippen LogP) is 4.75. The molecule has 1 atom stereocenters. The van der Waals surface area contributed by atoms with Gasteiger partial charge in [-0.05, 0) is 50.5 Å². The van der Waals surface area contributed by atoms with Crippen molar-refractivity contribution in [2.24, 2.45) is 0 Å². The molecule has 0 saturated heterocycles. The molecule has 0 aliphatic carbocycles. The van der Waals surface area contributed by atoms with Gasteiger partial charge < -0.3 is 5.32 Å². The number of hydrogen-bond donors (Lipinski definition) is 1. The molecule has 0 unspecified atom stereocenters. The molecule has 2 heteroatoms. The van der Waals surface area contributed by atoms with Crippen LogP contribution in [-0.4, -0.2) is 5.91 Å². The van der Waals surface area contributed by atoms with E-state index in [1.165, 1.54) is 11.1 Å². The van der Waals surface area contributed by atoms with Crippen molar-refractivity contribution in [1.82, 2.24) is 5.32 Å². The summed E-state index contributed by atoms with van der Waals surface area (Å²) in [5, 5.41) is 3.10. The number of rotatable bonds is 5. The minimum absolute atomic E-state index is 0.00235. The van der Waals surface area contributed by atoms with E-state index in [0.717, 1.165) is 29.5 Å². The maximum atomic E-state index is 12.5. The molecule has 2 rings (SSSR count). The van der Waals surface area contributed by atoms with Gasteiger partial charge in [-0.2, -0.15) is 0 Å². The largest absolute Gasteiger partial charge is 0.346 e. The number of hydrogen-bond acceptors (Lipinski definition) is 1. The zero-order valence-electron chi connectivity index (χ0n) is 13.9. The first kappa shape index (κ1) is 16.3. The van der Waals surface area contributed by atoms with Crippen LogP contribution in [0.1, 0.15) is 58.9 Å². The fourth-order valence-electron chi connectivity index (χ4n) is 2.73. The Hall–Kier alpha value is -2.09. The summed E-state index contributed by atoms with van der Waals surface area (Å²) in [7, 11) is 0. The topological polar surface area (TPSA) is 29.1 Å². The summed E-state index contributed by atoms with van der Waals surface area (Å²) < 4.78 is 0. The molecule has 0 saturated carbocycles. The Morgan fingerprint density at radius 2 is 1.86 bits per heavy atom. The van der Waals surface area contributed by atoms with E-state index in [1.54, 1.807) is 0 Å². The van der Waals surface area contributed by atoms with Crippen LogP contribution in [0.5, 0.6) is 0 Å². The van der Waals surface area contributed by atoms with Crippen LogP contribution in [0.15, 0.2) is 42.5 Å². The predicted molar refractivity (Wildman–Crippen MR) is 92.2 cm³/mol. The Morgan fingerprint density at radius 3 is 2.55 bits per heavy atom. The van der Waals surface area contributed by atoms with Crippen LogP contribution in [0.2, 0.25) is 0 Å². The molecule has 0 heterocycles. The van der Waals surface area contributed by atoms with Gasteiger partial charge in [-0.15, -0.1) is 0 Å². The van der Waals surface area contributed by atoms with Crippen molar-refractivity contribution in [3.8, 4) is 0 Å². The second-order valence-corrected chi connectivity index (χ2v) is 6.07. The second-order valence-electron chi connectivity index (χ2n) is 6.07. The van der Waals surface area contributed by atoms with Crippen LogP contribution in [0.4, 0.5) is 0 Å². The molecule has 116 valence electrons. The minimum atomic E-state index is -0.00457. The molecular weight excluding hydrogens is 270 g/mol. The Morgan fingerprint density at radius 1 is 1.09 bits per heavy atom. The highest BCUT2D eigenvalue weighted by atomic mass is 16.1. The maximum Gasteiger partial charge on any atom is 0.251 e. The van der Waals surface area contributed by atoms with Crippen LogP contribution in [0, 0.1) is 13.8 Å². The quantitative estimate of drug-likeness (QED) is 0.847. The van der Waals surface area contributed by atoms with Gasteiger partial charge in [0.15, 0.2) is 0 Å². The molecular formula is C20H25NO. The first-order valence-electron chi connectivity index (χ1n) is 7.97.